The number of hydrogen-bond acceptors (Lipinski definition) is 7. The van der Waals surface area contributed by atoms with E-state index in [2.05, 4.69) is 5.32 Å². The van der Waals surface area contributed by atoms with Gasteiger partial charge in [0.15, 0.2) is 18.1 Å². The van der Waals surface area contributed by atoms with Crippen LogP contribution in [0.5, 0.6) is 11.5 Å². The highest BCUT2D eigenvalue weighted by Crippen LogP contribution is 2.28. The molecule has 0 fully saturated rings. The van der Waals surface area contributed by atoms with E-state index < -0.39 is 28.5 Å². The fraction of sp³-hybridized carbons (Fsp3) is 0.304. The number of nitrogens with one attached hydrogen (secondary N) is 1. The third kappa shape index (κ3) is 7.06. The van der Waals surface area contributed by atoms with Gasteiger partial charge in [0.2, 0.25) is 10.0 Å². The predicted molar refractivity (Wildman–Crippen MR) is 125 cm³/mol. The average molecular weight is 477 g/mol. The van der Waals surface area contributed by atoms with Gasteiger partial charge in [-0.1, -0.05) is 19.9 Å². The highest BCUT2D eigenvalue weighted by atomic mass is 32.2. The molecule has 0 aliphatic carbocycles. The number of nitrogens with zero attached hydrogens (tertiary/aromatic N) is 1. The van der Waals surface area contributed by atoms with E-state index in [9.17, 15) is 18.0 Å². The Balaban J connectivity index is 1.90. The zero-order valence-corrected chi connectivity index (χ0v) is 19.8. The van der Waals surface area contributed by atoms with Gasteiger partial charge in [-0.25, -0.2) is 13.2 Å². The van der Waals surface area contributed by atoms with Gasteiger partial charge >= 0.3 is 5.97 Å². The average Bonchev–Trinajstić information content (AvgIpc) is 2.82. The number of anilines is 1. The Morgan fingerprint density at radius 1 is 0.970 bits per heavy atom. The van der Waals surface area contributed by atoms with E-state index in [0.717, 1.165) is 0 Å². The molecule has 0 aromatic heterocycles. The maximum absolute atomic E-state index is 12.5. The smallest absolute Gasteiger partial charge is 0.331 e. The van der Waals surface area contributed by atoms with Crippen LogP contribution in [0.1, 0.15) is 19.4 Å². The zero-order chi connectivity index (χ0) is 24.4. The van der Waals surface area contributed by atoms with Crippen LogP contribution in [0.3, 0.4) is 0 Å². The van der Waals surface area contributed by atoms with Crippen LogP contribution in [0.15, 0.2) is 53.4 Å². The van der Waals surface area contributed by atoms with Gasteiger partial charge in [0.05, 0.1) is 19.1 Å². The van der Waals surface area contributed by atoms with Crippen LogP contribution in [-0.2, 0) is 24.3 Å². The van der Waals surface area contributed by atoms with Crippen molar-refractivity contribution >= 4 is 33.7 Å². The molecule has 0 aliphatic heterocycles. The van der Waals surface area contributed by atoms with Gasteiger partial charge in [-0.3, -0.25) is 4.79 Å². The minimum absolute atomic E-state index is 0.135. The summed E-state index contributed by atoms with van der Waals surface area (Å²) in [6.45, 7) is 3.76. The van der Waals surface area contributed by atoms with Crippen LogP contribution < -0.4 is 14.8 Å². The van der Waals surface area contributed by atoms with Crippen LogP contribution in [-0.4, -0.2) is 58.5 Å². The number of methoxy groups -OCH3 is 2. The van der Waals surface area contributed by atoms with Crippen molar-refractivity contribution in [3.63, 3.8) is 0 Å². The number of ether oxygens (including phenoxy) is 3. The second kappa shape index (κ2) is 12.0. The van der Waals surface area contributed by atoms with Gasteiger partial charge in [-0.15, -0.1) is 0 Å². The lowest BCUT2D eigenvalue weighted by atomic mass is 10.2. The summed E-state index contributed by atoms with van der Waals surface area (Å²) >= 11 is 0. The zero-order valence-electron chi connectivity index (χ0n) is 19.0. The fourth-order valence-electron chi connectivity index (χ4n) is 2.93. The highest BCUT2D eigenvalue weighted by molar-refractivity contribution is 7.89. The van der Waals surface area contributed by atoms with Gasteiger partial charge in [0, 0.05) is 24.9 Å². The number of amides is 1. The van der Waals surface area contributed by atoms with E-state index in [-0.39, 0.29) is 4.90 Å². The first-order valence-corrected chi connectivity index (χ1v) is 11.7. The molecule has 0 heterocycles. The molecule has 0 saturated heterocycles. The molecule has 1 amide bonds. The van der Waals surface area contributed by atoms with Crippen molar-refractivity contribution in [1.82, 2.24) is 4.31 Å². The number of hydrogen-bond donors (Lipinski definition) is 1. The Morgan fingerprint density at radius 3 is 2.18 bits per heavy atom. The predicted octanol–water partition coefficient (Wildman–Crippen LogP) is 2.93. The van der Waals surface area contributed by atoms with Crippen molar-refractivity contribution in [2.45, 2.75) is 18.7 Å². The standard InChI is InChI=1S/C23H28N2O7S/c1-5-25(6-2)33(28,29)19-11-9-18(10-12-19)24-22(26)16-32-23(27)14-8-17-7-13-20(30-3)21(15-17)31-4/h7-15H,5-6,16H2,1-4H3,(H,24,26)/b14-8+. The van der Waals surface area contributed by atoms with Crippen LogP contribution in [0, 0.1) is 0 Å². The molecule has 0 saturated carbocycles. The Hall–Kier alpha value is -3.37. The monoisotopic (exact) mass is 476 g/mol. The van der Waals surface area contributed by atoms with Gasteiger partial charge in [0.1, 0.15) is 0 Å². The minimum Gasteiger partial charge on any atom is -0.493 e. The molecule has 1 N–H and O–H groups in total. The van der Waals surface area contributed by atoms with E-state index in [1.54, 1.807) is 32.0 Å². The van der Waals surface area contributed by atoms with E-state index in [1.807, 2.05) is 0 Å². The first-order chi connectivity index (χ1) is 15.7. The molecule has 0 unspecified atom stereocenters. The maximum atomic E-state index is 12.5. The lowest BCUT2D eigenvalue weighted by Gasteiger charge is -2.18. The summed E-state index contributed by atoms with van der Waals surface area (Å²) in [5, 5.41) is 2.56. The third-order valence-corrected chi connectivity index (χ3v) is 6.71. The second-order valence-electron chi connectivity index (χ2n) is 6.72. The minimum atomic E-state index is -3.58. The summed E-state index contributed by atoms with van der Waals surface area (Å²) in [5.74, 6) is -0.168. The van der Waals surface area contributed by atoms with E-state index in [0.29, 0.717) is 35.8 Å². The molecule has 2 rings (SSSR count). The van der Waals surface area contributed by atoms with Crippen molar-refractivity contribution in [1.29, 1.82) is 0 Å². The SMILES string of the molecule is CCN(CC)S(=O)(=O)c1ccc(NC(=O)COC(=O)/C=C/c2ccc(OC)c(OC)c2)cc1. The number of carbonyl (C=O) groups excluding carboxylic acids is 2. The molecule has 2 aromatic rings. The fourth-order valence-corrected chi connectivity index (χ4v) is 4.38. The molecular weight excluding hydrogens is 448 g/mol. The molecule has 0 aliphatic rings. The van der Waals surface area contributed by atoms with Crippen molar-refractivity contribution in [3.05, 3.63) is 54.1 Å². The summed E-state index contributed by atoms with van der Waals surface area (Å²) in [5.41, 5.74) is 1.07. The lowest BCUT2D eigenvalue weighted by molar-refractivity contribution is -0.142. The number of benzene rings is 2. The van der Waals surface area contributed by atoms with E-state index in [1.165, 1.54) is 54.9 Å². The van der Waals surface area contributed by atoms with Crippen molar-refractivity contribution < 1.29 is 32.2 Å². The van der Waals surface area contributed by atoms with Crippen molar-refractivity contribution in [2.24, 2.45) is 0 Å². The van der Waals surface area contributed by atoms with Gasteiger partial charge < -0.3 is 19.5 Å². The molecule has 0 atom stereocenters. The molecule has 33 heavy (non-hydrogen) atoms. The van der Waals surface area contributed by atoms with Crippen molar-refractivity contribution in [2.75, 3.05) is 39.2 Å². The quantitative estimate of drug-likeness (QED) is 0.392. The Bertz CT molecular complexity index is 1090. The van der Waals surface area contributed by atoms with Crippen LogP contribution in [0.2, 0.25) is 0 Å². The molecule has 0 bridgehead atoms. The number of esters is 1. The Morgan fingerprint density at radius 2 is 1.61 bits per heavy atom. The topological polar surface area (TPSA) is 111 Å². The van der Waals surface area contributed by atoms with Gasteiger partial charge in [0.25, 0.3) is 5.91 Å². The normalized spacial score (nSPS) is 11.4. The molecule has 9 nitrogen and oxygen atoms in total. The van der Waals surface area contributed by atoms with Gasteiger partial charge in [-0.2, -0.15) is 4.31 Å². The Kier molecular flexibility index (Phi) is 9.43. The first kappa shape index (κ1) is 25.9. The maximum Gasteiger partial charge on any atom is 0.331 e. The molecule has 178 valence electrons. The second-order valence-corrected chi connectivity index (χ2v) is 8.66. The van der Waals surface area contributed by atoms with Gasteiger partial charge in [-0.05, 0) is 48.0 Å². The summed E-state index contributed by atoms with van der Waals surface area (Å²) in [6.07, 6.45) is 2.72. The summed E-state index contributed by atoms with van der Waals surface area (Å²) in [4.78, 5) is 24.1. The molecule has 10 heteroatoms. The molecular formula is C23H28N2O7S. The Labute approximate surface area is 194 Å². The summed E-state index contributed by atoms with van der Waals surface area (Å²) in [6, 6.07) is 10.9. The first-order valence-electron chi connectivity index (χ1n) is 10.2. The molecule has 0 spiro atoms. The number of rotatable bonds is 11. The lowest BCUT2D eigenvalue weighted by Crippen LogP contribution is -2.30. The third-order valence-electron chi connectivity index (χ3n) is 4.65. The van der Waals surface area contributed by atoms with E-state index >= 15 is 0 Å². The molecule has 2 aromatic carbocycles. The number of sulfonamides is 1. The van der Waals surface area contributed by atoms with Crippen LogP contribution in [0.4, 0.5) is 5.69 Å². The summed E-state index contributed by atoms with van der Waals surface area (Å²) in [7, 11) is -0.541. The van der Waals surface area contributed by atoms with Crippen LogP contribution >= 0.6 is 0 Å². The highest BCUT2D eigenvalue weighted by Gasteiger charge is 2.21. The summed E-state index contributed by atoms with van der Waals surface area (Å²) < 4.78 is 41.6. The van der Waals surface area contributed by atoms with Crippen molar-refractivity contribution in [3.8, 4) is 11.5 Å². The number of carbonyl (C=O) groups is 2. The van der Waals surface area contributed by atoms with Crippen LogP contribution in [0.25, 0.3) is 6.08 Å². The molecule has 0 radical (unpaired) electrons. The largest absolute Gasteiger partial charge is 0.493 e. The van der Waals surface area contributed by atoms with E-state index in [4.69, 9.17) is 14.2 Å².